The van der Waals surface area contributed by atoms with Crippen LogP contribution >= 0.6 is 11.3 Å². The van der Waals surface area contributed by atoms with Crippen LogP contribution in [-0.4, -0.2) is 50.1 Å². The average Bonchev–Trinajstić information content (AvgIpc) is 3.37. The van der Waals surface area contributed by atoms with Crippen molar-refractivity contribution in [1.82, 2.24) is 30.2 Å². The summed E-state index contributed by atoms with van der Waals surface area (Å²) >= 11 is 1.32. The van der Waals surface area contributed by atoms with E-state index >= 15 is 0 Å². The summed E-state index contributed by atoms with van der Waals surface area (Å²) in [5.41, 5.74) is 2.31. The lowest BCUT2D eigenvalue weighted by molar-refractivity contribution is 0.0457. The zero-order valence-electron chi connectivity index (χ0n) is 19.8. The number of anilines is 4. The number of thiophene rings is 1. The Labute approximate surface area is 212 Å². The molecule has 11 heteroatoms. The topological polar surface area (TPSA) is 127 Å². The maximum absolute atomic E-state index is 12.4. The Bertz CT molecular complexity index is 1340. The second-order valence-corrected chi connectivity index (χ2v) is 9.30. The van der Waals surface area contributed by atoms with Gasteiger partial charge in [-0.3, -0.25) is 0 Å². The molecule has 0 unspecified atom stereocenters. The van der Waals surface area contributed by atoms with Gasteiger partial charge in [0, 0.05) is 29.5 Å². The van der Waals surface area contributed by atoms with E-state index in [-0.39, 0.29) is 12.0 Å². The summed E-state index contributed by atoms with van der Waals surface area (Å²) < 4.78 is 5.49. The minimum absolute atomic E-state index is 0.239. The van der Waals surface area contributed by atoms with E-state index in [0.29, 0.717) is 40.6 Å². The number of hydrogen-bond acceptors (Lipinski definition) is 11. The van der Waals surface area contributed by atoms with Crippen LogP contribution in [0.25, 0.3) is 11.5 Å². The molecular formula is C25H26N8O2S. The highest BCUT2D eigenvalue weighted by Gasteiger charge is 2.17. The molecule has 36 heavy (non-hydrogen) atoms. The lowest BCUT2D eigenvalue weighted by Crippen LogP contribution is -2.38. The molecule has 0 bridgehead atoms. The van der Waals surface area contributed by atoms with Crippen LogP contribution in [0.5, 0.6) is 0 Å². The predicted molar refractivity (Wildman–Crippen MR) is 139 cm³/mol. The smallest absolute Gasteiger partial charge is 0.348 e. The molecule has 5 rings (SSSR count). The highest BCUT2D eigenvalue weighted by atomic mass is 32.1. The number of piperidine rings is 1. The van der Waals surface area contributed by atoms with Crippen molar-refractivity contribution < 1.29 is 9.53 Å². The van der Waals surface area contributed by atoms with Crippen LogP contribution in [0.4, 0.5) is 23.3 Å². The zero-order chi connectivity index (χ0) is 24.7. The molecule has 184 valence electrons. The molecule has 1 atom stereocenters. The van der Waals surface area contributed by atoms with Crippen molar-refractivity contribution in [3.63, 3.8) is 0 Å². The van der Waals surface area contributed by atoms with Crippen LogP contribution in [0.15, 0.2) is 54.2 Å². The van der Waals surface area contributed by atoms with Crippen molar-refractivity contribution in [3.05, 3.63) is 64.7 Å². The van der Waals surface area contributed by atoms with Gasteiger partial charge in [-0.2, -0.15) is 4.98 Å². The van der Waals surface area contributed by atoms with E-state index < -0.39 is 0 Å². The van der Waals surface area contributed by atoms with Crippen LogP contribution in [0.1, 0.15) is 34.6 Å². The molecule has 1 aliphatic heterocycles. The highest BCUT2D eigenvalue weighted by molar-refractivity contribution is 7.12. The molecule has 1 saturated heterocycles. The third-order valence-electron chi connectivity index (χ3n) is 5.57. The number of aromatic nitrogens is 5. The van der Waals surface area contributed by atoms with Crippen molar-refractivity contribution in [3.8, 4) is 11.5 Å². The van der Waals surface area contributed by atoms with Gasteiger partial charge in [-0.15, -0.1) is 11.3 Å². The molecule has 0 amide bonds. The number of aryl methyl sites for hydroxylation is 1. The van der Waals surface area contributed by atoms with E-state index in [4.69, 9.17) is 4.74 Å². The maximum atomic E-state index is 12.4. The van der Waals surface area contributed by atoms with Crippen molar-refractivity contribution in [2.45, 2.75) is 32.2 Å². The Morgan fingerprint density at radius 3 is 2.78 bits per heavy atom. The summed E-state index contributed by atoms with van der Waals surface area (Å²) in [6.45, 7) is 3.29. The molecule has 4 aromatic heterocycles. The van der Waals surface area contributed by atoms with Crippen LogP contribution in [0.3, 0.4) is 0 Å². The lowest BCUT2D eigenvalue weighted by atomic mass is 10.1. The summed E-state index contributed by atoms with van der Waals surface area (Å²) in [5, 5.41) is 11.5. The molecule has 0 spiro atoms. The number of carbonyl (C=O) groups excluding carboxylic acids is 1. The van der Waals surface area contributed by atoms with Gasteiger partial charge in [-0.1, -0.05) is 12.5 Å². The van der Waals surface area contributed by atoms with E-state index in [1.807, 2.05) is 30.5 Å². The summed E-state index contributed by atoms with van der Waals surface area (Å²) in [5.74, 6) is 1.73. The van der Waals surface area contributed by atoms with Gasteiger partial charge in [0.1, 0.15) is 28.8 Å². The first-order chi connectivity index (χ1) is 17.6. The van der Waals surface area contributed by atoms with Crippen LogP contribution < -0.4 is 16.0 Å². The fourth-order valence-electron chi connectivity index (χ4n) is 3.79. The fraction of sp³-hybridized carbons (Fsp3) is 0.280. The van der Waals surface area contributed by atoms with Crippen LogP contribution in [0.2, 0.25) is 0 Å². The van der Waals surface area contributed by atoms with E-state index in [2.05, 4.69) is 40.9 Å². The zero-order valence-corrected chi connectivity index (χ0v) is 20.6. The molecule has 0 aliphatic carbocycles. The largest absolute Gasteiger partial charge is 0.460 e. The Hall–Kier alpha value is -3.96. The molecule has 1 aliphatic rings. The second kappa shape index (κ2) is 11.2. The fourth-order valence-corrected chi connectivity index (χ4v) is 4.52. The monoisotopic (exact) mass is 502 g/mol. The molecule has 10 nitrogen and oxygen atoms in total. The first-order valence-electron chi connectivity index (χ1n) is 11.8. The van der Waals surface area contributed by atoms with Gasteiger partial charge in [0.2, 0.25) is 5.95 Å². The van der Waals surface area contributed by atoms with E-state index in [0.717, 1.165) is 24.3 Å². The molecule has 0 saturated carbocycles. The SMILES string of the molecule is Cc1cccc(-c2nccc(Nc3ccnc(Nc4csc(C(=O)OC[C@H]5CCCCN5)c4)n3)n2)n1. The highest BCUT2D eigenvalue weighted by Crippen LogP contribution is 2.24. The Balaban J connectivity index is 1.21. The third-order valence-corrected chi connectivity index (χ3v) is 6.48. The molecule has 4 aromatic rings. The first-order valence-corrected chi connectivity index (χ1v) is 12.6. The normalized spacial score (nSPS) is 15.3. The quantitative estimate of drug-likeness (QED) is 0.297. The van der Waals surface area contributed by atoms with E-state index in [9.17, 15) is 4.79 Å². The van der Waals surface area contributed by atoms with Crippen molar-refractivity contribution in [1.29, 1.82) is 0 Å². The summed E-state index contributed by atoms with van der Waals surface area (Å²) in [6, 6.07) is 11.2. The Kier molecular flexibility index (Phi) is 7.39. The molecular weight excluding hydrogens is 476 g/mol. The first kappa shape index (κ1) is 23.8. The average molecular weight is 503 g/mol. The van der Waals surface area contributed by atoms with Gasteiger partial charge < -0.3 is 20.7 Å². The molecule has 0 radical (unpaired) electrons. The summed E-state index contributed by atoms with van der Waals surface area (Å²) in [4.78, 5) is 35.1. The minimum Gasteiger partial charge on any atom is -0.460 e. The van der Waals surface area contributed by atoms with Gasteiger partial charge in [-0.25, -0.2) is 24.7 Å². The molecule has 5 heterocycles. The van der Waals surface area contributed by atoms with Crippen molar-refractivity contribution in [2.24, 2.45) is 0 Å². The number of rotatable bonds is 8. The van der Waals surface area contributed by atoms with Crippen molar-refractivity contribution in [2.75, 3.05) is 23.8 Å². The van der Waals surface area contributed by atoms with Gasteiger partial charge in [0.15, 0.2) is 5.82 Å². The number of nitrogens with zero attached hydrogens (tertiary/aromatic N) is 5. The molecule has 3 N–H and O–H groups in total. The lowest BCUT2D eigenvalue weighted by Gasteiger charge is -2.22. The van der Waals surface area contributed by atoms with Gasteiger partial charge >= 0.3 is 5.97 Å². The van der Waals surface area contributed by atoms with Gasteiger partial charge in [0.25, 0.3) is 0 Å². The third kappa shape index (κ3) is 6.18. The van der Waals surface area contributed by atoms with E-state index in [1.54, 1.807) is 30.6 Å². The number of carbonyl (C=O) groups is 1. The van der Waals surface area contributed by atoms with Crippen LogP contribution in [-0.2, 0) is 4.74 Å². The Morgan fingerprint density at radius 1 is 1.08 bits per heavy atom. The predicted octanol–water partition coefficient (Wildman–Crippen LogP) is 4.48. The van der Waals surface area contributed by atoms with Crippen molar-refractivity contribution >= 4 is 40.6 Å². The minimum atomic E-state index is -0.320. The molecule has 1 fully saturated rings. The summed E-state index contributed by atoms with van der Waals surface area (Å²) in [6.07, 6.45) is 6.68. The maximum Gasteiger partial charge on any atom is 0.348 e. The number of esters is 1. The molecule has 0 aromatic carbocycles. The number of ether oxygens (including phenoxy) is 1. The van der Waals surface area contributed by atoms with Crippen LogP contribution in [0, 0.1) is 6.92 Å². The number of hydrogen-bond donors (Lipinski definition) is 3. The Morgan fingerprint density at radius 2 is 1.94 bits per heavy atom. The standard InChI is InChI=1S/C25H26N8O2S/c1-16-5-4-7-19(29-16)23-27-11-8-21(32-23)31-22-9-12-28-25(33-22)30-18-13-20(36-15-18)24(34)35-14-17-6-2-3-10-26-17/h4-5,7-9,11-13,15,17,26H,2-3,6,10,14H2,1H3,(H2,27,28,30,31,32,33)/t17-/m1/s1. The van der Waals surface area contributed by atoms with Gasteiger partial charge in [0.05, 0.1) is 5.69 Å². The number of nitrogens with one attached hydrogen (secondary N) is 3. The summed E-state index contributed by atoms with van der Waals surface area (Å²) in [7, 11) is 0. The number of pyridine rings is 1. The second-order valence-electron chi connectivity index (χ2n) is 8.39. The van der Waals surface area contributed by atoms with E-state index in [1.165, 1.54) is 24.2 Å². The van der Waals surface area contributed by atoms with Gasteiger partial charge in [-0.05, 0) is 56.6 Å².